The molecule has 0 aliphatic carbocycles. The van der Waals surface area contributed by atoms with E-state index >= 15 is 0 Å². The van der Waals surface area contributed by atoms with E-state index in [0.717, 1.165) is 0 Å². The van der Waals surface area contributed by atoms with E-state index in [1.54, 1.807) is 4.90 Å². The zero-order valence-electron chi connectivity index (χ0n) is 11.2. The molecule has 9 heteroatoms. The van der Waals surface area contributed by atoms with E-state index in [0.29, 0.717) is 5.69 Å². The average molecular weight is 299 g/mol. The Labute approximate surface area is 120 Å². The highest BCUT2D eigenvalue weighted by molar-refractivity contribution is 5.72. The van der Waals surface area contributed by atoms with Gasteiger partial charge < -0.3 is 25.5 Å². The highest BCUT2D eigenvalue weighted by Crippen LogP contribution is 2.29. The minimum Gasteiger partial charge on any atom is -0.395 e. The summed E-state index contributed by atoms with van der Waals surface area (Å²) in [5.41, 5.74) is 0.113. The molecule has 0 aliphatic rings. The molecule has 116 valence electrons. The fourth-order valence-electron chi connectivity index (χ4n) is 1.79. The van der Waals surface area contributed by atoms with E-state index in [2.05, 4.69) is 5.32 Å². The lowest BCUT2D eigenvalue weighted by Gasteiger charge is -2.23. The van der Waals surface area contributed by atoms with E-state index in [-0.39, 0.29) is 44.0 Å². The Morgan fingerprint density at radius 1 is 1.33 bits per heavy atom. The van der Waals surface area contributed by atoms with Crippen LogP contribution in [0.15, 0.2) is 18.2 Å². The summed E-state index contributed by atoms with van der Waals surface area (Å²) >= 11 is 0. The van der Waals surface area contributed by atoms with Crippen LogP contribution in [0, 0.1) is 10.1 Å². The molecule has 0 fully saturated rings. The van der Waals surface area contributed by atoms with Crippen LogP contribution >= 0.6 is 0 Å². The van der Waals surface area contributed by atoms with Crippen molar-refractivity contribution >= 4 is 23.3 Å². The van der Waals surface area contributed by atoms with Gasteiger partial charge in [0.05, 0.1) is 18.1 Å². The van der Waals surface area contributed by atoms with Gasteiger partial charge in [0, 0.05) is 24.8 Å². The number of carbonyl (C=O) groups is 1. The molecule has 0 spiro atoms. The van der Waals surface area contributed by atoms with Crippen LogP contribution in [0.5, 0.6) is 0 Å². The quantitative estimate of drug-likeness (QED) is 0.204. The number of aldehydes is 1. The molecule has 1 rings (SSSR count). The molecule has 0 heterocycles. The summed E-state index contributed by atoms with van der Waals surface area (Å²) in [6.45, 7) is 0.0816. The number of nitrogens with one attached hydrogen (secondary N) is 1. The Bertz CT molecular complexity index is 490. The molecule has 0 saturated heterocycles. The van der Waals surface area contributed by atoms with Crippen molar-refractivity contribution in [1.82, 2.24) is 0 Å². The summed E-state index contributed by atoms with van der Waals surface area (Å²) < 4.78 is 0. The van der Waals surface area contributed by atoms with E-state index in [1.807, 2.05) is 0 Å². The van der Waals surface area contributed by atoms with Crippen molar-refractivity contribution in [2.45, 2.75) is 6.23 Å². The van der Waals surface area contributed by atoms with Crippen LogP contribution in [0.25, 0.3) is 0 Å². The average Bonchev–Trinajstić information content (AvgIpc) is 2.47. The third-order valence-corrected chi connectivity index (χ3v) is 2.72. The number of nitrogens with zero attached hydrogens (tertiary/aromatic N) is 2. The number of anilines is 2. The van der Waals surface area contributed by atoms with Crippen LogP contribution in [0.2, 0.25) is 0 Å². The number of hydrogen-bond acceptors (Lipinski definition) is 8. The number of nitro benzene ring substituents is 1. The van der Waals surface area contributed by atoms with Crippen LogP contribution in [-0.4, -0.2) is 59.1 Å². The zero-order valence-corrected chi connectivity index (χ0v) is 11.2. The number of benzene rings is 1. The van der Waals surface area contributed by atoms with Crippen LogP contribution in [0.1, 0.15) is 0 Å². The minimum absolute atomic E-state index is 0.00343. The van der Waals surface area contributed by atoms with Gasteiger partial charge in [-0.2, -0.15) is 0 Å². The Morgan fingerprint density at radius 2 is 1.95 bits per heavy atom. The number of hydrogen-bond donors (Lipinski definition) is 4. The van der Waals surface area contributed by atoms with Crippen LogP contribution in [0.4, 0.5) is 17.1 Å². The normalized spacial score (nSPS) is 11.8. The first-order valence-corrected chi connectivity index (χ1v) is 6.18. The molecule has 0 aromatic heterocycles. The lowest BCUT2D eigenvalue weighted by atomic mass is 10.2. The molecule has 21 heavy (non-hydrogen) atoms. The number of aliphatic hydroxyl groups excluding tert-OH is 3. The Balaban J connectivity index is 3.11. The largest absolute Gasteiger partial charge is 0.395 e. The second kappa shape index (κ2) is 8.15. The lowest BCUT2D eigenvalue weighted by molar-refractivity contribution is -0.383. The third kappa shape index (κ3) is 4.67. The van der Waals surface area contributed by atoms with Gasteiger partial charge in [0.25, 0.3) is 5.69 Å². The first-order chi connectivity index (χ1) is 10.0. The molecule has 0 bridgehead atoms. The molecule has 0 radical (unpaired) electrons. The molecular formula is C12H17N3O6. The van der Waals surface area contributed by atoms with Crippen LogP contribution in [-0.2, 0) is 4.79 Å². The summed E-state index contributed by atoms with van der Waals surface area (Å²) in [6, 6.07) is 4.12. The number of rotatable bonds is 9. The fourth-order valence-corrected chi connectivity index (χ4v) is 1.79. The molecule has 1 aromatic carbocycles. The first-order valence-electron chi connectivity index (χ1n) is 6.18. The summed E-state index contributed by atoms with van der Waals surface area (Å²) in [6.07, 6.45) is -1.33. The van der Waals surface area contributed by atoms with Gasteiger partial charge in [0.2, 0.25) is 0 Å². The van der Waals surface area contributed by atoms with E-state index in [4.69, 9.17) is 10.2 Å². The standard InChI is InChI=1S/C12H17N3O6/c16-5-3-14(4-6-17)9-1-2-10(13-12(19)8-18)11(7-9)15(20)21/h1-2,7-8,12-13,16-17,19H,3-6H2. The van der Waals surface area contributed by atoms with Crippen molar-refractivity contribution in [1.29, 1.82) is 0 Å². The zero-order chi connectivity index (χ0) is 15.8. The molecule has 1 aromatic rings. The fraction of sp³-hybridized carbons (Fsp3) is 0.417. The highest BCUT2D eigenvalue weighted by Gasteiger charge is 2.18. The SMILES string of the molecule is O=CC(O)Nc1ccc(N(CCO)CCO)cc1[N+](=O)[O-]. The van der Waals surface area contributed by atoms with Gasteiger partial charge in [-0.1, -0.05) is 0 Å². The van der Waals surface area contributed by atoms with Gasteiger partial charge in [0.1, 0.15) is 5.69 Å². The Morgan fingerprint density at radius 3 is 2.43 bits per heavy atom. The van der Waals surface area contributed by atoms with Crippen molar-refractivity contribution in [2.24, 2.45) is 0 Å². The number of aliphatic hydroxyl groups is 3. The Kier molecular flexibility index (Phi) is 6.53. The summed E-state index contributed by atoms with van der Waals surface area (Å²) in [5, 5.41) is 40.5. The highest BCUT2D eigenvalue weighted by atomic mass is 16.6. The summed E-state index contributed by atoms with van der Waals surface area (Å²) in [7, 11) is 0. The lowest BCUT2D eigenvalue weighted by Crippen LogP contribution is -2.29. The molecular weight excluding hydrogens is 282 g/mol. The maximum absolute atomic E-state index is 11.1. The molecule has 1 unspecified atom stereocenters. The smallest absolute Gasteiger partial charge is 0.294 e. The monoisotopic (exact) mass is 299 g/mol. The summed E-state index contributed by atoms with van der Waals surface area (Å²) in [4.78, 5) is 22.4. The van der Waals surface area contributed by atoms with E-state index in [1.165, 1.54) is 18.2 Å². The van der Waals surface area contributed by atoms with E-state index in [9.17, 15) is 20.0 Å². The third-order valence-electron chi connectivity index (χ3n) is 2.72. The predicted octanol–water partition coefficient (Wildman–Crippen LogP) is -0.685. The first kappa shape index (κ1) is 16.8. The van der Waals surface area contributed by atoms with Gasteiger partial charge in [-0.25, -0.2) is 0 Å². The van der Waals surface area contributed by atoms with Gasteiger partial charge >= 0.3 is 0 Å². The molecule has 0 saturated carbocycles. The molecule has 0 aliphatic heterocycles. The predicted molar refractivity (Wildman–Crippen MR) is 75.2 cm³/mol. The van der Waals surface area contributed by atoms with Gasteiger partial charge in [-0.15, -0.1) is 0 Å². The minimum atomic E-state index is -1.54. The maximum atomic E-state index is 11.1. The van der Waals surface area contributed by atoms with E-state index < -0.39 is 11.2 Å². The number of nitro groups is 1. The van der Waals surface area contributed by atoms with Crippen molar-refractivity contribution in [3.63, 3.8) is 0 Å². The molecule has 1 atom stereocenters. The van der Waals surface area contributed by atoms with Crippen LogP contribution in [0.3, 0.4) is 0 Å². The Hall–Kier alpha value is -2.23. The summed E-state index contributed by atoms with van der Waals surface area (Å²) in [5.74, 6) is 0. The second-order valence-electron chi connectivity index (χ2n) is 4.12. The van der Waals surface area contributed by atoms with Gasteiger partial charge in [0.15, 0.2) is 12.5 Å². The topological polar surface area (TPSA) is 136 Å². The molecule has 4 N–H and O–H groups in total. The molecule has 9 nitrogen and oxygen atoms in total. The molecule has 0 amide bonds. The van der Waals surface area contributed by atoms with Crippen molar-refractivity contribution in [3.8, 4) is 0 Å². The number of carbonyl (C=O) groups excluding carboxylic acids is 1. The van der Waals surface area contributed by atoms with Crippen molar-refractivity contribution < 1.29 is 25.0 Å². The van der Waals surface area contributed by atoms with Crippen LogP contribution < -0.4 is 10.2 Å². The van der Waals surface area contributed by atoms with Gasteiger partial charge in [-0.05, 0) is 12.1 Å². The second-order valence-corrected chi connectivity index (χ2v) is 4.12. The maximum Gasteiger partial charge on any atom is 0.294 e. The van der Waals surface area contributed by atoms with Gasteiger partial charge in [-0.3, -0.25) is 14.9 Å². The van der Waals surface area contributed by atoms with Crippen molar-refractivity contribution in [2.75, 3.05) is 36.5 Å². The van der Waals surface area contributed by atoms with Crippen molar-refractivity contribution in [3.05, 3.63) is 28.3 Å².